The standard InChI is InChI=1S/C14H20N4O/c1-2-12(8-9-19)15-10-13-11-16-18(17-13)14-6-4-3-5-7-14/h3-7,11-12,15,19H,2,8-10H2,1H3. The van der Waals surface area contributed by atoms with Gasteiger partial charge < -0.3 is 10.4 Å². The third kappa shape index (κ3) is 3.87. The van der Waals surface area contributed by atoms with Crippen LogP contribution in [-0.2, 0) is 6.54 Å². The maximum atomic E-state index is 8.95. The van der Waals surface area contributed by atoms with Crippen molar-refractivity contribution in [1.82, 2.24) is 20.3 Å². The molecular weight excluding hydrogens is 240 g/mol. The smallest absolute Gasteiger partial charge is 0.0969 e. The van der Waals surface area contributed by atoms with Crippen molar-refractivity contribution in [2.45, 2.75) is 32.4 Å². The second-order valence-corrected chi connectivity index (χ2v) is 4.46. The second kappa shape index (κ2) is 7.01. The zero-order valence-corrected chi connectivity index (χ0v) is 11.2. The minimum atomic E-state index is 0.211. The summed E-state index contributed by atoms with van der Waals surface area (Å²) in [5.41, 5.74) is 1.86. The van der Waals surface area contributed by atoms with Gasteiger partial charge in [-0.2, -0.15) is 15.0 Å². The van der Waals surface area contributed by atoms with Gasteiger partial charge in [-0.1, -0.05) is 25.1 Å². The number of rotatable bonds is 7. The summed E-state index contributed by atoms with van der Waals surface area (Å²) in [6.45, 7) is 2.99. The average molecular weight is 260 g/mol. The first-order chi connectivity index (χ1) is 9.33. The molecule has 0 bridgehead atoms. The first-order valence-electron chi connectivity index (χ1n) is 6.64. The van der Waals surface area contributed by atoms with E-state index in [1.54, 1.807) is 11.0 Å². The summed E-state index contributed by atoms with van der Waals surface area (Å²) in [5, 5.41) is 21.0. The molecule has 1 unspecified atom stereocenters. The third-order valence-electron chi connectivity index (χ3n) is 3.07. The first kappa shape index (κ1) is 13.7. The highest BCUT2D eigenvalue weighted by molar-refractivity contribution is 5.28. The van der Waals surface area contributed by atoms with E-state index in [-0.39, 0.29) is 6.61 Å². The van der Waals surface area contributed by atoms with Crippen LogP contribution in [0.15, 0.2) is 36.5 Å². The molecule has 0 aliphatic rings. The molecule has 0 aliphatic carbocycles. The first-order valence-corrected chi connectivity index (χ1v) is 6.64. The Labute approximate surface area is 113 Å². The Balaban J connectivity index is 1.94. The Bertz CT molecular complexity index is 483. The van der Waals surface area contributed by atoms with Gasteiger partial charge in [0, 0.05) is 19.2 Å². The predicted octanol–water partition coefficient (Wildman–Crippen LogP) is 1.52. The molecule has 5 heteroatoms. The Kier molecular flexibility index (Phi) is 5.06. The molecule has 102 valence electrons. The van der Waals surface area contributed by atoms with Crippen LogP contribution in [0.1, 0.15) is 25.5 Å². The number of benzene rings is 1. The lowest BCUT2D eigenvalue weighted by molar-refractivity contribution is 0.261. The van der Waals surface area contributed by atoms with Gasteiger partial charge in [-0.25, -0.2) is 0 Å². The van der Waals surface area contributed by atoms with Crippen LogP contribution < -0.4 is 5.32 Å². The van der Waals surface area contributed by atoms with Gasteiger partial charge in [-0.15, -0.1) is 0 Å². The quantitative estimate of drug-likeness (QED) is 0.792. The van der Waals surface area contributed by atoms with Crippen molar-refractivity contribution >= 4 is 0 Å². The molecule has 1 aromatic carbocycles. The summed E-state index contributed by atoms with van der Waals surface area (Å²) in [7, 11) is 0. The summed E-state index contributed by atoms with van der Waals surface area (Å²) >= 11 is 0. The number of aromatic nitrogens is 3. The number of hydrogen-bond donors (Lipinski definition) is 2. The van der Waals surface area contributed by atoms with Gasteiger partial charge in [-0.05, 0) is 25.0 Å². The largest absolute Gasteiger partial charge is 0.396 e. The van der Waals surface area contributed by atoms with Crippen LogP contribution in [0, 0.1) is 0 Å². The van der Waals surface area contributed by atoms with E-state index in [4.69, 9.17) is 5.11 Å². The highest BCUT2D eigenvalue weighted by atomic mass is 16.3. The molecule has 0 spiro atoms. The molecule has 0 fully saturated rings. The van der Waals surface area contributed by atoms with Crippen molar-refractivity contribution < 1.29 is 5.11 Å². The zero-order chi connectivity index (χ0) is 13.5. The van der Waals surface area contributed by atoms with Crippen molar-refractivity contribution in [3.8, 4) is 5.69 Å². The van der Waals surface area contributed by atoms with Crippen molar-refractivity contribution in [2.75, 3.05) is 6.61 Å². The Morgan fingerprint density at radius 3 is 2.79 bits per heavy atom. The zero-order valence-electron chi connectivity index (χ0n) is 11.2. The SMILES string of the molecule is CCC(CCO)NCc1cnn(-c2ccccc2)n1. The monoisotopic (exact) mass is 260 g/mol. The van der Waals surface area contributed by atoms with Gasteiger partial charge in [0.1, 0.15) is 0 Å². The van der Waals surface area contributed by atoms with Crippen molar-refractivity contribution in [2.24, 2.45) is 0 Å². The summed E-state index contributed by atoms with van der Waals surface area (Å²) < 4.78 is 0. The lowest BCUT2D eigenvalue weighted by atomic mass is 10.1. The van der Waals surface area contributed by atoms with Gasteiger partial charge in [0.15, 0.2) is 0 Å². The van der Waals surface area contributed by atoms with Crippen LogP contribution in [0.25, 0.3) is 5.69 Å². The Morgan fingerprint density at radius 1 is 1.32 bits per heavy atom. The summed E-state index contributed by atoms with van der Waals surface area (Å²) in [6, 6.07) is 10.2. The maximum Gasteiger partial charge on any atom is 0.0969 e. The van der Waals surface area contributed by atoms with Gasteiger partial charge in [0.2, 0.25) is 0 Å². The van der Waals surface area contributed by atoms with Crippen LogP contribution in [0.2, 0.25) is 0 Å². The van der Waals surface area contributed by atoms with E-state index in [0.29, 0.717) is 12.6 Å². The normalized spacial score (nSPS) is 12.5. The van der Waals surface area contributed by atoms with Crippen LogP contribution in [0.3, 0.4) is 0 Å². The van der Waals surface area contributed by atoms with Crippen LogP contribution in [0.4, 0.5) is 0 Å². The molecule has 19 heavy (non-hydrogen) atoms. The fraction of sp³-hybridized carbons (Fsp3) is 0.429. The maximum absolute atomic E-state index is 8.95. The van der Waals surface area contributed by atoms with Crippen molar-refractivity contribution in [3.63, 3.8) is 0 Å². The van der Waals surface area contributed by atoms with Gasteiger partial charge in [0.25, 0.3) is 0 Å². The van der Waals surface area contributed by atoms with Gasteiger partial charge in [-0.3, -0.25) is 0 Å². The molecule has 1 aromatic heterocycles. The van der Waals surface area contributed by atoms with E-state index in [9.17, 15) is 0 Å². The molecule has 0 saturated carbocycles. The number of hydrogen-bond acceptors (Lipinski definition) is 4. The summed E-state index contributed by atoms with van der Waals surface area (Å²) in [4.78, 5) is 1.63. The van der Waals surface area contributed by atoms with Crippen molar-refractivity contribution in [3.05, 3.63) is 42.2 Å². The highest BCUT2D eigenvalue weighted by Gasteiger charge is 2.07. The molecule has 0 saturated heterocycles. The number of para-hydroxylation sites is 1. The highest BCUT2D eigenvalue weighted by Crippen LogP contribution is 2.05. The second-order valence-electron chi connectivity index (χ2n) is 4.46. The topological polar surface area (TPSA) is 63.0 Å². The Hall–Kier alpha value is -1.72. The Morgan fingerprint density at radius 2 is 2.11 bits per heavy atom. The molecule has 0 amide bonds. The third-order valence-corrected chi connectivity index (χ3v) is 3.07. The molecule has 2 rings (SSSR count). The van der Waals surface area contributed by atoms with E-state index in [1.807, 2.05) is 30.3 Å². The number of nitrogens with one attached hydrogen (secondary N) is 1. The van der Waals surface area contributed by atoms with E-state index < -0.39 is 0 Å². The van der Waals surface area contributed by atoms with Crippen LogP contribution >= 0.6 is 0 Å². The molecule has 2 aromatic rings. The minimum absolute atomic E-state index is 0.211. The lowest BCUT2D eigenvalue weighted by Crippen LogP contribution is -2.29. The molecule has 1 atom stereocenters. The number of aliphatic hydroxyl groups is 1. The number of aliphatic hydroxyl groups excluding tert-OH is 1. The molecule has 1 heterocycles. The molecule has 5 nitrogen and oxygen atoms in total. The fourth-order valence-electron chi connectivity index (χ4n) is 1.92. The van der Waals surface area contributed by atoms with E-state index in [0.717, 1.165) is 24.2 Å². The van der Waals surface area contributed by atoms with Crippen molar-refractivity contribution in [1.29, 1.82) is 0 Å². The van der Waals surface area contributed by atoms with E-state index >= 15 is 0 Å². The van der Waals surface area contributed by atoms with Crippen LogP contribution in [-0.4, -0.2) is 32.7 Å². The molecular formula is C14H20N4O. The molecule has 2 N–H and O–H groups in total. The van der Waals surface area contributed by atoms with E-state index in [2.05, 4.69) is 22.4 Å². The average Bonchev–Trinajstić information content (AvgIpc) is 2.93. The summed E-state index contributed by atoms with van der Waals surface area (Å²) in [5.74, 6) is 0. The molecule has 0 radical (unpaired) electrons. The minimum Gasteiger partial charge on any atom is -0.396 e. The van der Waals surface area contributed by atoms with E-state index in [1.165, 1.54) is 0 Å². The van der Waals surface area contributed by atoms with Gasteiger partial charge >= 0.3 is 0 Å². The number of nitrogens with zero attached hydrogens (tertiary/aromatic N) is 3. The van der Waals surface area contributed by atoms with Crippen LogP contribution in [0.5, 0.6) is 0 Å². The fourth-order valence-corrected chi connectivity index (χ4v) is 1.92. The summed E-state index contributed by atoms with van der Waals surface area (Å²) in [6.07, 6.45) is 3.53. The predicted molar refractivity (Wildman–Crippen MR) is 74.0 cm³/mol. The lowest BCUT2D eigenvalue weighted by Gasteiger charge is -2.14. The van der Waals surface area contributed by atoms with Gasteiger partial charge in [0.05, 0.1) is 17.6 Å². The molecule has 0 aliphatic heterocycles.